The lowest BCUT2D eigenvalue weighted by atomic mass is 10.1. The van der Waals surface area contributed by atoms with Gasteiger partial charge in [-0.3, -0.25) is 20.5 Å². The third-order valence-electron chi connectivity index (χ3n) is 4.27. The molecule has 1 unspecified atom stereocenters. The minimum Gasteiger partial charge on any atom is -0.299 e. The van der Waals surface area contributed by atoms with E-state index in [2.05, 4.69) is 15.6 Å². The van der Waals surface area contributed by atoms with Crippen LogP contribution in [0.2, 0.25) is 0 Å². The first-order valence-electron chi connectivity index (χ1n) is 8.76. The first kappa shape index (κ1) is 19.3. The van der Waals surface area contributed by atoms with Gasteiger partial charge in [0.05, 0.1) is 10.6 Å². The van der Waals surface area contributed by atoms with Crippen LogP contribution in [0.15, 0.2) is 59.5 Å². The molecule has 1 atom stereocenters. The Bertz CT molecular complexity index is 879. The molecule has 27 heavy (non-hydrogen) atoms. The summed E-state index contributed by atoms with van der Waals surface area (Å²) in [6, 6.07) is 15.4. The fourth-order valence-electron chi connectivity index (χ4n) is 2.73. The lowest BCUT2D eigenvalue weighted by Crippen LogP contribution is -2.39. The Kier molecular flexibility index (Phi) is 5.79. The standard InChI is InChI=1S/C19H24N4O3S/c1-23(2)18(14-6-4-3-5-7-14)19(24)21-20-15-10-12-17(13-11-15)27(25,26)22-16-8-9-16/h3-7,10-13,16,18,20,22H,8-9H2,1-2H3,(H,21,24). The molecule has 1 aliphatic carbocycles. The average Bonchev–Trinajstić information content (AvgIpc) is 3.44. The predicted molar refractivity (Wildman–Crippen MR) is 104 cm³/mol. The number of likely N-dealkylation sites (N-methyl/N-ethyl adjacent to an activating group) is 1. The molecule has 0 aromatic heterocycles. The number of carbonyl (C=O) groups is 1. The molecule has 2 aromatic carbocycles. The van der Waals surface area contributed by atoms with Gasteiger partial charge in [0.1, 0.15) is 6.04 Å². The maximum atomic E-state index is 12.6. The average molecular weight is 388 g/mol. The highest BCUT2D eigenvalue weighted by atomic mass is 32.2. The van der Waals surface area contributed by atoms with E-state index in [0.29, 0.717) is 5.69 Å². The topological polar surface area (TPSA) is 90.5 Å². The van der Waals surface area contributed by atoms with Gasteiger partial charge in [-0.2, -0.15) is 0 Å². The number of rotatable bonds is 8. The molecule has 3 rings (SSSR count). The van der Waals surface area contributed by atoms with E-state index in [-0.39, 0.29) is 16.8 Å². The highest BCUT2D eigenvalue weighted by Crippen LogP contribution is 2.23. The van der Waals surface area contributed by atoms with E-state index in [1.54, 1.807) is 12.1 Å². The van der Waals surface area contributed by atoms with Crippen LogP contribution in [-0.4, -0.2) is 39.4 Å². The molecule has 8 heteroatoms. The van der Waals surface area contributed by atoms with Gasteiger partial charge in [0.15, 0.2) is 0 Å². The number of benzene rings is 2. The second-order valence-electron chi connectivity index (χ2n) is 6.81. The van der Waals surface area contributed by atoms with Gasteiger partial charge in [-0.1, -0.05) is 30.3 Å². The van der Waals surface area contributed by atoms with Crippen molar-refractivity contribution in [1.82, 2.24) is 15.0 Å². The summed E-state index contributed by atoms with van der Waals surface area (Å²) in [5, 5.41) is 0. The largest absolute Gasteiger partial charge is 0.299 e. The Morgan fingerprint density at radius 2 is 1.67 bits per heavy atom. The lowest BCUT2D eigenvalue weighted by Gasteiger charge is -2.24. The van der Waals surface area contributed by atoms with Gasteiger partial charge in [0.2, 0.25) is 10.0 Å². The molecule has 1 fully saturated rings. The second kappa shape index (κ2) is 8.08. The molecule has 1 saturated carbocycles. The van der Waals surface area contributed by atoms with Crippen LogP contribution in [0.25, 0.3) is 0 Å². The number of carbonyl (C=O) groups excluding carboxylic acids is 1. The van der Waals surface area contributed by atoms with Crippen molar-refractivity contribution in [2.75, 3.05) is 19.5 Å². The molecule has 0 spiro atoms. The minimum atomic E-state index is -3.48. The minimum absolute atomic E-state index is 0.0630. The Morgan fingerprint density at radius 3 is 2.22 bits per heavy atom. The lowest BCUT2D eigenvalue weighted by molar-refractivity contribution is -0.125. The number of nitrogens with zero attached hydrogens (tertiary/aromatic N) is 1. The number of sulfonamides is 1. The Hall–Kier alpha value is -2.42. The fraction of sp³-hybridized carbons (Fsp3) is 0.316. The molecule has 1 amide bonds. The van der Waals surface area contributed by atoms with Gasteiger partial charge >= 0.3 is 0 Å². The SMILES string of the molecule is CN(C)C(C(=O)NNc1ccc(S(=O)(=O)NC2CC2)cc1)c1ccccc1. The summed E-state index contributed by atoms with van der Waals surface area (Å²) in [5.74, 6) is -0.210. The summed E-state index contributed by atoms with van der Waals surface area (Å²) in [7, 11) is 0.197. The number of hydrogen-bond acceptors (Lipinski definition) is 5. The molecule has 1 aliphatic rings. The summed E-state index contributed by atoms with van der Waals surface area (Å²) in [6.07, 6.45) is 1.78. The van der Waals surface area contributed by atoms with E-state index in [9.17, 15) is 13.2 Å². The zero-order valence-electron chi connectivity index (χ0n) is 15.3. The van der Waals surface area contributed by atoms with Crippen molar-refractivity contribution in [2.24, 2.45) is 0 Å². The van der Waals surface area contributed by atoms with Gasteiger partial charge in [-0.15, -0.1) is 0 Å². The smallest absolute Gasteiger partial charge is 0.260 e. The third-order valence-corrected chi connectivity index (χ3v) is 5.81. The molecule has 3 N–H and O–H groups in total. The normalized spacial score (nSPS) is 15.4. The van der Waals surface area contributed by atoms with Crippen LogP contribution in [0.4, 0.5) is 5.69 Å². The Morgan fingerprint density at radius 1 is 1.04 bits per heavy atom. The van der Waals surface area contributed by atoms with Crippen molar-refractivity contribution in [1.29, 1.82) is 0 Å². The Labute approximate surface area is 159 Å². The van der Waals surface area contributed by atoms with E-state index < -0.39 is 16.1 Å². The van der Waals surface area contributed by atoms with Gasteiger partial charge < -0.3 is 0 Å². The maximum Gasteiger partial charge on any atom is 0.260 e. The van der Waals surface area contributed by atoms with E-state index in [0.717, 1.165) is 18.4 Å². The molecule has 2 aromatic rings. The molecule has 7 nitrogen and oxygen atoms in total. The zero-order chi connectivity index (χ0) is 19.4. The summed E-state index contributed by atoms with van der Waals surface area (Å²) in [5.41, 5.74) is 7.00. The maximum absolute atomic E-state index is 12.6. The summed E-state index contributed by atoms with van der Waals surface area (Å²) >= 11 is 0. The van der Waals surface area contributed by atoms with E-state index >= 15 is 0 Å². The summed E-state index contributed by atoms with van der Waals surface area (Å²) in [4.78, 5) is 14.6. The molecule has 0 heterocycles. The van der Waals surface area contributed by atoms with Crippen molar-refractivity contribution in [2.45, 2.75) is 29.8 Å². The van der Waals surface area contributed by atoms with E-state index in [1.807, 2.05) is 49.3 Å². The third kappa shape index (κ3) is 5.06. The molecule has 144 valence electrons. The Balaban J connectivity index is 1.62. The first-order valence-corrected chi connectivity index (χ1v) is 10.2. The van der Waals surface area contributed by atoms with Gasteiger partial charge in [-0.25, -0.2) is 13.1 Å². The molecule has 0 aliphatic heterocycles. The number of nitrogens with one attached hydrogen (secondary N) is 3. The van der Waals surface area contributed by atoms with Crippen LogP contribution in [-0.2, 0) is 14.8 Å². The highest BCUT2D eigenvalue weighted by molar-refractivity contribution is 7.89. The molecule has 0 radical (unpaired) electrons. The van der Waals surface area contributed by atoms with Crippen LogP contribution < -0.4 is 15.6 Å². The van der Waals surface area contributed by atoms with Gasteiger partial charge in [-0.05, 0) is 56.8 Å². The fourth-order valence-corrected chi connectivity index (χ4v) is 4.03. The first-order chi connectivity index (χ1) is 12.9. The van der Waals surface area contributed by atoms with E-state index in [4.69, 9.17) is 0 Å². The monoisotopic (exact) mass is 388 g/mol. The van der Waals surface area contributed by atoms with Crippen LogP contribution in [0.1, 0.15) is 24.4 Å². The van der Waals surface area contributed by atoms with Crippen molar-refractivity contribution < 1.29 is 13.2 Å². The van der Waals surface area contributed by atoms with Crippen LogP contribution in [0.5, 0.6) is 0 Å². The van der Waals surface area contributed by atoms with Gasteiger partial charge in [0, 0.05) is 6.04 Å². The number of amides is 1. The molecule has 0 bridgehead atoms. The molecule has 0 saturated heterocycles. The van der Waals surface area contributed by atoms with Crippen LogP contribution >= 0.6 is 0 Å². The van der Waals surface area contributed by atoms with Crippen molar-refractivity contribution in [3.05, 3.63) is 60.2 Å². The van der Waals surface area contributed by atoms with Crippen LogP contribution in [0.3, 0.4) is 0 Å². The van der Waals surface area contributed by atoms with Crippen molar-refractivity contribution in [3.63, 3.8) is 0 Å². The summed E-state index contributed by atoms with van der Waals surface area (Å²) in [6.45, 7) is 0. The zero-order valence-corrected chi connectivity index (χ0v) is 16.2. The second-order valence-corrected chi connectivity index (χ2v) is 8.53. The molecular formula is C19H24N4O3S. The number of anilines is 1. The van der Waals surface area contributed by atoms with Gasteiger partial charge in [0.25, 0.3) is 5.91 Å². The van der Waals surface area contributed by atoms with Crippen molar-refractivity contribution >= 4 is 21.6 Å². The van der Waals surface area contributed by atoms with Crippen LogP contribution in [0, 0.1) is 0 Å². The van der Waals surface area contributed by atoms with E-state index in [1.165, 1.54) is 12.1 Å². The number of hydrazine groups is 1. The quantitative estimate of drug-likeness (QED) is 0.601. The molecular weight excluding hydrogens is 364 g/mol. The predicted octanol–water partition coefficient (Wildman–Crippen LogP) is 1.87. The van der Waals surface area contributed by atoms with Crippen molar-refractivity contribution in [3.8, 4) is 0 Å². The highest BCUT2D eigenvalue weighted by Gasteiger charge is 2.28. The summed E-state index contributed by atoms with van der Waals surface area (Å²) < 4.78 is 27.0. The number of hydrogen-bond donors (Lipinski definition) is 3.